The van der Waals surface area contributed by atoms with Gasteiger partial charge in [0.2, 0.25) is 0 Å². The van der Waals surface area contributed by atoms with Gasteiger partial charge in [-0.1, -0.05) is 52.4 Å². The van der Waals surface area contributed by atoms with Crippen molar-refractivity contribution in [2.24, 2.45) is 0 Å². The fourth-order valence-electron chi connectivity index (χ4n) is 4.19. The SMILES string of the molecule is Cc1c(N)cc(CNC(=O)OCC2c3ccccc3-c3ccccc32)c(C)c1OS(=O)(=O)F. The zero-order chi connectivity index (χ0) is 23.8. The third kappa shape index (κ3) is 4.63. The highest BCUT2D eigenvalue weighted by atomic mass is 32.3. The molecule has 172 valence electrons. The van der Waals surface area contributed by atoms with Crippen molar-refractivity contribution in [1.29, 1.82) is 0 Å². The Morgan fingerprint density at radius 3 is 2.18 bits per heavy atom. The van der Waals surface area contributed by atoms with E-state index < -0.39 is 16.6 Å². The molecule has 0 heterocycles. The Morgan fingerprint density at radius 2 is 1.61 bits per heavy atom. The summed E-state index contributed by atoms with van der Waals surface area (Å²) in [5.41, 5.74) is 11.7. The van der Waals surface area contributed by atoms with Crippen LogP contribution in [0.1, 0.15) is 33.7 Å². The van der Waals surface area contributed by atoms with E-state index in [-0.39, 0.29) is 30.5 Å². The van der Waals surface area contributed by atoms with Crippen LogP contribution in [-0.4, -0.2) is 21.1 Å². The molecule has 1 aliphatic rings. The molecule has 3 N–H and O–H groups in total. The van der Waals surface area contributed by atoms with Crippen molar-refractivity contribution in [1.82, 2.24) is 5.32 Å². The number of carbonyl (C=O) groups excluding carboxylic acids is 1. The van der Waals surface area contributed by atoms with E-state index in [1.54, 1.807) is 13.0 Å². The summed E-state index contributed by atoms with van der Waals surface area (Å²) in [4.78, 5) is 12.4. The molecule has 0 saturated heterocycles. The van der Waals surface area contributed by atoms with Crippen LogP contribution < -0.4 is 15.2 Å². The second-order valence-corrected chi connectivity index (χ2v) is 8.81. The predicted octanol–water partition coefficient (Wildman–Crippen LogP) is 4.52. The number of fused-ring (bicyclic) bond motifs is 3. The number of benzene rings is 3. The maximum Gasteiger partial charge on any atom is 0.488 e. The minimum absolute atomic E-state index is 0.00429. The summed E-state index contributed by atoms with van der Waals surface area (Å²) in [6.45, 7) is 3.23. The molecule has 0 aliphatic heterocycles. The molecule has 0 aromatic heterocycles. The topological polar surface area (TPSA) is 108 Å². The van der Waals surface area contributed by atoms with E-state index in [2.05, 4.69) is 21.6 Å². The highest BCUT2D eigenvalue weighted by Gasteiger charge is 2.29. The van der Waals surface area contributed by atoms with Crippen molar-refractivity contribution in [3.05, 3.63) is 82.4 Å². The summed E-state index contributed by atoms with van der Waals surface area (Å²) in [5.74, 6) is -0.267. The van der Waals surface area contributed by atoms with E-state index in [0.717, 1.165) is 22.3 Å². The summed E-state index contributed by atoms with van der Waals surface area (Å²) < 4.78 is 45.0. The normalized spacial score (nSPS) is 12.7. The van der Waals surface area contributed by atoms with E-state index in [1.807, 2.05) is 36.4 Å². The molecule has 0 bridgehead atoms. The van der Waals surface area contributed by atoms with Gasteiger partial charge in [-0.05, 0) is 53.3 Å². The number of rotatable bonds is 6. The van der Waals surface area contributed by atoms with Crippen LogP contribution in [-0.2, 0) is 21.8 Å². The molecule has 7 nitrogen and oxygen atoms in total. The smallest absolute Gasteiger partial charge is 0.449 e. The van der Waals surface area contributed by atoms with Gasteiger partial charge in [0.1, 0.15) is 6.61 Å². The average molecular weight is 471 g/mol. The number of amides is 1. The second-order valence-electron chi connectivity index (χ2n) is 7.86. The van der Waals surface area contributed by atoms with Crippen LogP contribution in [0.3, 0.4) is 0 Å². The first-order valence-corrected chi connectivity index (χ1v) is 11.6. The van der Waals surface area contributed by atoms with Gasteiger partial charge in [0.25, 0.3) is 0 Å². The summed E-state index contributed by atoms with van der Waals surface area (Å²) in [5, 5.41) is 2.63. The van der Waals surface area contributed by atoms with Crippen LogP contribution in [0.25, 0.3) is 11.1 Å². The van der Waals surface area contributed by atoms with Gasteiger partial charge in [0.05, 0.1) is 0 Å². The highest BCUT2D eigenvalue weighted by Crippen LogP contribution is 2.44. The van der Waals surface area contributed by atoms with Crippen molar-refractivity contribution < 1.29 is 26.0 Å². The minimum atomic E-state index is -5.22. The number of alkyl carbamates (subject to hydrolysis) is 1. The van der Waals surface area contributed by atoms with Gasteiger partial charge in [-0.3, -0.25) is 0 Å². The third-order valence-corrected chi connectivity index (χ3v) is 6.24. The predicted molar refractivity (Wildman–Crippen MR) is 123 cm³/mol. The first kappa shape index (κ1) is 22.6. The molecule has 4 rings (SSSR count). The Morgan fingerprint density at radius 1 is 1.03 bits per heavy atom. The average Bonchev–Trinajstić information content (AvgIpc) is 3.10. The van der Waals surface area contributed by atoms with Crippen LogP contribution in [0.5, 0.6) is 5.75 Å². The molecule has 0 spiro atoms. The molecule has 3 aromatic carbocycles. The van der Waals surface area contributed by atoms with Gasteiger partial charge in [-0.2, -0.15) is 8.42 Å². The van der Waals surface area contributed by atoms with E-state index in [1.165, 1.54) is 6.92 Å². The van der Waals surface area contributed by atoms with Crippen molar-refractivity contribution in [3.8, 4) is 16.9 Å². The maximum absolute atomic E-state index is 13.1. The van der Waals surface area contributed by atoms with Crippen molar-refractivity contribution in [3.63, 3.8) is 0 Å². The number of nitrogens with two attached hydrogens (primary N) is 1. The number of halogens is 1. The van der Waals surface area contributed by atoms with E-state index >= 15 is 0 Å². The Bertz CT molecular complexity index is 1300. The van der Waals surface area contributed by atoms with Crippen LogP contribution in [0.15, 0.2) is 54.6 Å². The highest BCUT2D eigenvalue weighted by molar-refractivity contribution is 7.81. The van der Waals surface area contributed by atoms with Crippen molar-refractivity contribution >= 4 is 22.3 Å². The van der Waals surface area contributed by atoms with Gasteiger partial charge in [-0.25, -0.2) is 4.79 Å². The summed E-state index contributed by atoms with van der Waals surface area (Å²) in [7, 11) is -5.22. The molecule has 0 radical (unpaired) electrons. The lowest BCUT2D eigenvalue weighted by molar-refractivity contribution is 0.142. The number of ether oxygens (including phenoxy) is 1. The van der Waals surface area contributed by atoms with E-state index in [4.69, 9.17) is 10.5 Å². The molecule has 3 aromatic rings. The first-order chi connectivity index (χ1) is 15.7. The van der Waals surface area contributed by atoms with Gasteiger partial charge in [0.15, 0.2) is 5.75 Å². The molecule has 0 unspecified atom stereocenters. The third-order valence-electron chi connectivity index (χ3n) is 5.88. The number of carbonyl (C=O) groups is 1. The Balaban J connectivity index is 1.45. The summed E-state index contributed by atoms with van der Waals surface area (Å²) in [6, 6.07) is 17.6. The lowest BCUT2D eigenvalue weighted by Crippen LogP contribution is -2.26. The minimum Gasteiger partial charge on any atom is -0.449 e. The van der Waals surface area contributed by atoms with Crippen molar-refractivity contribution in [2.45, 2.75) is 26.3 Å². The van der Waals surface area contributed by atoms with E-state index in [0.29, 0.717) is 16.7 Å². The lowest BCUT2D eigenvalue weighted by Gasteiger charge is -2.17. The van der Waals surface area contributed by atoms with Gasteiger partial charge >= 0.3 is 16.6 Å². The number of anilines is 1. The quantitative estimate of drug-likeness (QED) is 0.405. The Labute approximate surface area is 191 Å². The molecule has 0 fully saturated rings. The number of nitrogens with one attached hydrogen (secondary N) is 1. The second kappa shape index (κ2) is 8.74. The molecule has 1 aliphatic carbocycles. The first-order valence-electron chi connectivity index (χ1n) is 10.3. The van der Waals surface area contributed by atoms with Crippen LogP contribution in [0.2, 0.25) is 0 Å². The van der Waals surface area contributed by atoms with Crippen LogP contribution in [0, 0.1) is 13.8 Å². The molecule has 1 amide bonds. The van der Waals surface area contributed by atoms with Crippen LogP contribution >= 0.6 is 0 Å². The number of hydrogen-bond donors (Lipinski definition) is 2. The van der Waals surface area contributed by atoms with Gasteiger partial charge in [-0.15, -0.1) is 0 Å². The van der Waals surface area contributed by atoms with Crippen molar-refractivity contribution in [2.75, 3.05) is 12.3 Å². The lowest BCUT2D eigenvalue weighted by atomic mass is 9.98. The van der Waals surface area contributed by atoms with Crippen LogP contribution in [0.4, 0.5) is 14.4 Å². The summed E-state index contributed by atoms with van der Waals surface area (Å²) >= 11 is 0. The molecule has 0 atom stereocenters. The fraction of sp³-hybridized carbons (Fsp3) is 0.208. The maximum atomic E-state index is 13.1. The Hall–Kier alpha value is -3.59. The molecule has 0 saturated carbocycles. The molecule has 33 heavy (non-hydrogen) atoms. The van der Waals surface area contributed by atoms with E-state index in [9.17, 15) is 17.1 Å². The number of hydrogen-bond acceptors (Lipinski definition) is 6. The largest absolute Gasteiger partial charge is 0.488 e. The molecular weight excluding hydrogens is 447 g/mol. The fourth-order valence-corrected chi connectivity index (χ4v) is 4.64. The Kier molecular flexibility index (Phi) is 5.99. The number of nitrogen functional groups attached to an aromatic ring is 1. The monoisotopic (exact) mass is 470 g/mol. The molecular formula is C24H23FN2O5S. The van der Waals surface area contributed by atoms with Gasteiger partial charge < -0.3 is 20.0 Å². The molecule has 9 heteroatoms. The van der Waals surface area contributed by atoms with Gasteiger partial charge in [0, 0.05) is 23.7 Å². The zero-order valence-electron chi connectivity index (χ0n) is 18.1. The standard InChI is InChI=1S/C24H23FN2O5S/c1-14-16(11-22(26)15(2)23(14)32-33(25,29)30)12-27-24(28)31-13-21-19-9-5-3-7-17(19)18-8-4-6-10-20(18)21/h3-11,21H,12-13,26H2,1-2H3,(H,27,28). The summed E-state index contributed by atoms with van der Waals surface area (Å²) in [6.07, 6.45) is -0.643. The zero-order valence-corrected chi connectivity index (χ0v) is 18.9.